The van der Waals surface area contributed by atoms with Gasteiger partial charge in [-0.25, -0.2) is 4.98 Å². The Kier molecular flexibility index (Phi) is 4.39. The highest BCUT2D eigenvalue weighted by Gasteiger charge is 2.59. The van der Waals surface area contributed by atoms with Gasteiger partial charge in [-0.15, -0.1) is 0 Å². The molecule has 0 radical (unpaired) electrons. The molecule has 3 aliphatic carbocycles. The number of hydrogen-bond acceptors (Lipinski definition) is 5. The van der Waals surface area contributed by atoms with Crippen LogP contribution in [0.15, 0.2) is 41.3 Å². The molecule has 3 aromatic rings. The minimum atomic E-state index is -0.292. The van der Waals surface area contributed by atoms with E-state index in [1.165, 1.54) is 10.5 Å². The summed E-state index contributed by atoms with van der Waals surface area (Å²) in [6.07, 6.45) is 4.63. The van der Waals surface area contributed by atoms with Gasteiger partial charge in [0.05, 0.1) is 5.54 Å². The SMILES string of the molecule is CC(C)c1ccc(Nc2ncc3cc(C(=O)N(C)C)c(=O)n(C45CC(C4)C5)c3n2)cc1. The van der Waals surface area contributed by atoms with Gasteiger partial charge in [-0.1, -0.05) is 26.0 Å². The summed E-state index contributed by atoms with van der Waals surface area (Å²) in [5.74, 6) is 1.30. The van der Waals surface area contributed by atoms with Crippen molar-refractivity contribution in [3.8, 4) is 0 Å². The number of carbonyl (C=O) groups excluding carboxylic acids is 1. The van der Waals surface area contributed by atoms with Crippen molar-refractivity contribution in [1.82, 2.24) is 19.4 Å². The summed E-state index contributed by atoms with van der Waals surface area (Å²) in [6, 6.07) is 9.82. The van der Waals surface area contributed by atoms with Crippen LogP contribution in [-0.4, -0.2) is 39.4 Å². The smallest absolute Gasteiger partial charge is 0.265 e. The van der Waals surface area contributed by atoms with Crippen LogP contribution in [0, 0.1) is 5.92 Å². The lowest BCUT2D eigenvalue weighted by molar-refractivity contribution is -0.0884. The lowest BCUT2D eigenvalue weighted by atomic mass is 9.49. The Morgan fingerprint density at radius 2 is 1.87 bits per heavy atom. The molecule has 7 heteroatoms. The van der Waals surface area contributed by atoms with Crippen LogP contribution in [0.25, 0.3) is 11.0 Å². The molecule has 1 amide bonds. The standard InChI is InChI=1S/C24H27N5O2/c1-14(2)16-5-7-18(8-6-16)26-23-25-13-17-9-19(21(30)28(3)4)22(31)29(20(17)27-23)24-10-15(11-24)12-24/h5-9,13-15H,10-12H2,1-4H3,(H,25,26,27). The van der Waals surface area contributed by atoms with Crippen LogP contribution in [0.3, 0.4) is 0 Å². The molecule has 3 fully saturated rings. The predicted molar refractivity (Wildman–Crippen MR) is 121 cm³/mol. The minimum Gasteiger partial charge on any atom is -0.345 e. The lowest BCUT2D eigenvalue weighted by Crippen LogP contribution is -2.62. The third-order valence-electron chi connectivity index (χ3n) is 6.69. The Morgan fingerprint density at radius 1 is 1.19 bits per heavy atom. The molecular formula is C24H27N5O2. The first-order valence-electron chi connectivity index (χ1n) is 10.8. The van der Waals surface area contributed by atoms with Gasteiger partial charge in [0.25, 0.3) is 11.5 Å². The van der Waals surface area contributed by atoms with Crippen LogP contribution in [0.5, 0.6) is 0 Å². The molecule has 1 aromatic carbocycles. The second-order valence-electron chi connectivity index (χ2n) is 9.48. The van der Waals surface area contributed by atoms with Crippen molar-refractivity contribution in [1.29, 1.82) is 0 Å². The van der Waals surface area contributed by atoms with E-state index < -0.39 is 0 Å². The molecule has 0 unspecified atom stereocenters. The van der Waals surface area contributed by atoms with Crippen molar-refractivity contribution in [2.24, 2.45) is 5.92 Å². The van der Waals surface area contributed by atoms with E-state index in [-0.39, 0.29) is 22.6 Å². The molecule has 1 N–H and O–H groups in total. The number of hydrogen-bond donors (Lipinski definition) is 1. The number of aromatic nitrogens is 3. The van der Waals surface area contributed by atoms with Crippen LogP contribution < -0.4 is 10.9 Å². The summed E-state index contributed by atoms with van der Waals surface area (Å²) in [4.78, 5) is 36.7. The van der Waals surface area contributed by atoms with E-state index in [1.807, 2.05) is 12.1 Å². The molecule has 2 heterocycles. The van der Waals surface area contributed by atoms with Gasteiger partial charge >= 0.3 is 0 Å². The average Bonchev–Trinajstić information content (AvgIpc) is 2.67. The number of rotatable bonds is 5. The second-order valence-corrected chi connectivity index (χ2v) is 9.48. The van der Waals surface area contributed by atoms with Crippen LogP contribution in [-0.2, 0) is 5.54 Å². The third-order valence-corrected chi connectivity index (χ3v) is 6.69. The number of anilines is 2. The first kappa shape index (κ1) is 19.7. The summed E-state index contributed by atoms with van der Waals surface area (Å²) >= 11 is 0. The van der Waals surface area contributed by atoms with Crippen molar-refractivity contribution in [2.75, 3.05) is 19.4 Å². The summed E-state index contributed by atoms with van der Waals surface area (Å²) in [6.45, 7) is 4.32. The van der Waals surface area contributed by atoms with Crippen LogP contribution in [0.1, 0.15) is 54.9 Å². The number of nitrogens with one attached hydrogen (secondary N) is 1. The van der Waals surface area contributed by atoms with E-state index in [9.17, 15) is 9.59 Å². The van der Waals surface area contributed by atoms with Gasteiger partial charge in [0.2, 0.25) is 5.95 Å². The first-order valence-corrected chi connectivity index (χ1v) is 10.8. The Labute approximate surface area is 181 Å². The fraction of sp³-hybridized carbons (Fsp3) is 0.417. The van der Waals surface area contributed by atoms with E-state index in [0.29, 0.717) is 28.8 Å². The zero-order valence-electron chi connectivity index (χ0n) is 18.3. The summed E-state index contributed by atoms with van der Waals surface area (Å²) in [7, 11) is 3.32. The molecule has 6 rings (SSSR count). The number of carbonyl (C=O) groups is 1. The van der Waals surface area contributed by atoms with Gasteiger partial charge in [0.1, 0.15) is 11.2 Å². The Balaban J connectivity index is 1.59. The quantitative estimate of drug-likeness (QED) is 0.682. The summed E-state index contributed by atoms with van der Waals surface area (Å²) in [5.41, 5.74) is 2.47. The van der Waals surface area contributed by atoms with Gasteiger partial charge in [0, 0.05) is 31.4 Å². The molecular weight excluding hydrogens is 390 g/mol. The Bertz CT molecular complexity index is 1230. The molecule has 0 atom stereocenters. The normalized spacial score (nSPS) is 21.5. The maximum Gasteiger partial charge on any atom is 0.265 e. The minimum absolute atomic E-state index is 0.177. The molecule has 7 nitrogen and oxygen atoms in total. The van der Waals surface area contributed by atoms with E-state index in [2.05, 4.69) is 36.3 Å². The highest BCUT2D eigenvalue weighted by atomic mass is 16.2. The molecule has 3 saturated carbocycles. The Morgan fingerprint density at radius 3 is 2.42 bits per heavy atom. The van der Waals surface area contributed by atoms with E-state index in [0.717, 1.165) is 24.9 Å². The van der Waals surface area contributed by atoms with Gasteiger partial charge in [-0.05, 0) is 54.9 Å². The molecule has 31 heavy (non-hydrogen) atoms. The second kappa shape index (κ2) is 6.90. The topological polar surface area (TPSA) is 80.1 Å². The van der Waals surface area contributed by atoms with E-state index in [1.54, 1.807) is 30.9 Å². The average molecular weight is 418 g/mol. The predicted octanol–water partition coefficient (Wildman–Crippen LogP) is 3.87. The first-order chi connectivity index (χ1) is 14.8. The molecule has 2 aromatic heterocycles. The number of nitrogens with zero attached hydrogens (tertiary/aromatic N) is 4. The highest BCUT2D eigenvalue weighted by molar-refractivity contribution is 5.96. The molecule has 0 saturated heterocycles. The third kappa shape index (κ3) is 3.10. The fourth-order valence-corrected chi connectivity index (χ4v) is 4.78. The summed E-state index contributed by atoms with van der Waals surface area (Å²) < 4.78 is 1.77. The van der Waals surface area contributed by atoms with Crippen molar-refractivity contribution in [3.63, 3.8) is 0 Å². The van der Waals surface area contributed by atoms with Crippen molar-refractivity contribution in [2.45, 2.75) is 44.6 Å². The van der Waals surface area contributed by atoms with Gasteiger partial charge in [-0.2, -0.15) is 4.98 Å². The molecule has 160 valence electrons. The molecule has 3 aliphatic rings. The monoisotopic (exact) mass is 417 g/mol. The van der Waals surface area contributed by atoms with Crippen molar-refractivity contribution >= 4 is 28.6 Å². The summed E-state index contributed by atoms with van der Waals surface area (Å²) in [5, 5.41) is 3.96. The number of pyridine rings is 1. The molecule has 2 bridgehead atoms. The number of fused-ring (bicyclic) bond motifs is 1. The maximum atomic E-state index is 13.4. The largest absolute Gasteiger partial charge is 0.345 e. The molecule has 0 aliphatic heterocycles. The number of benzene rings is 1. The highest BCUT2D eigenvalue weighted by Crippen LogP contribution is 2.62. The van der Waals surface area contributed by atoms with E-state index >= 15 is 0 Å². The fourth-order valence-electron chi connectivity index (χ4n) is 4.78. The van der Waals surface area contributed by atoms with Gasteiger partial charge < -0.3 is 10.2 Å². The zero-order chi connectivity index (χ0) is 21.9. The Hall–Kier alpha value is -3.22. The number of amides is 1. The van der Waals surface area contributed by atoms with Crippen LogP contribution in [0.2, 0.25) is 0 Å². The van der Waals surface area contributed by atoms with E-state index in [4.69, 9.17) is 4.98 Å². The molecule has 0 spiro atoms. The van der Waals surface area contributed by atoms with Gasteiger partial charge in [0.15, 0.2) is 0 Å². The lowest BCUT2D eigenvalue weighted by Gasteiger charge is -2.62. The van der Waals surface area contributed by atoms with Crippen molar-refractivity contribution in [3.05, 3.63) is 58.0 Å². The van der Waals surface area contributed by atoms with Crippen molar-refractivity contribution < 1.29 is 4.79 Å². The zero-order valence-corrected chi connectivity index (χ0v) is 18.3. The van der Waals surface area contributed by atoms with Gasteiger partial charge in [-0.3, -0.25) is 14.2 Å². The van der Waals surface area contributed by atoms with Crippen LogP contribution >= 0.6 is 0 Å². The van der Waals surface area contributed by atoms with Crippen LogP contribution in [0.4, 0.5) is 11.6 Å². The maximum absolute atomic E-state index is 13.4.